The molecule has 1 unspecified atom stereocenters. The molecule has 0 bridgehead atoms. The van der Waals surface area contributed by atoms with E-state index in [1.165, 1.54) is 6.33 Å². The zero-order chi connectivity index (χ0) is 24.8. The monoisotopic (exact) mass is 479 g/mol. The number of benzene rings is 1. The summed E-state index contributed by atoms with van der Waals surface area (Å²) >= 11 is 0. The molecule has 0 aliphatic carbocycles. The minimum Gasteiger partial charge on any atom is -0.455 e. The van der Waals surface area contributed by atoms with Gasteiger partial charge in [0.15, 0.2) is 5.75 Å². The Balaban J connectivity index is 1.64. The van der Waals surface area contributed by atoms with Crippen LogP contribution in [-0.4, -0.2) is 50.7 Å². The predicted octanol–water partition coefficient (Wildman–Crippen LogP) is 5.67. The Morgan fingerprint density at radius 1 is 1.11 bits per heavy atom. The molecular weight excluding hydrogens is 449 g/mol. The van der Waals surface area contributed by atoms with E-state index in [2.05, 4.69) is 15.0 Å². The van der Waals surface area contributed by atoms with E-state index >= 15 is 0 Å². The van der Waals surface area contributed by atoms with Crippen molar-refractivity contribution in [3.63, 3.8) is 0 Å². The number of likely N-dealkylation sites (tertiary alicyclic amines) is 1. The van der Waals surface area contributed by atoms with E-state index in [-0.39, 0.29) is 12.1 Å². The first kappa shape index (κ1) is 24.4. The molecule has 1 aliphatic rings. The molecule has 4 rings (SSSR count). The van der Waals surface area contributed by atoms with Crippen molar-refractivity contribution >= 4 is 17.5 Å². The zero-order valence-corrected chi connectivity index (χ0v) is 20.2. The first-order valence-electron chi connectivity index (χ1n) is 11.6. The maximum atomic E-state index is 12.9. The van der Waals surface area contributed by atoms with E-state index in [0.29, 0.717) is 35.8 Å². The number of alkyl halides is 1. The van der Waals surface area contributed by atoms with Gasteiger partial charge in [0, 0.05) is 25.4 Å². The van der Waals surface area contributed by atoms with Gasteiger partial charge < -0.3 is 19.3 Å². The van der Waals surface area contributed by atoms with Gasteiger partial charge in [-0.25, -0.2) is 19.2 Å². The Morgan fingerprint density at radius 2 is 1.86 bits per heavy atom. The van der Waals surface area contributed by atoms with E-state index < -0.39 is 12.3 Å². The number of pyridine rings is 1. The average molecular weight is 480 g/mol. The second-order valence-corrected chi connectivity index (χ2v) is 9.40. The van der Waals surface area contributed by atoms with Gasteiger partial charge in [-0.05, 0) is 51.3 Å². The Hall–Kier alpha value is -3.75. The van der Waals surface area contributed by atoms with E-state index in [0.717, 1.165) is 18.5 Å². The number of carbonyl (C=O) groups is 1. The number of aromatic nitrogens is 3. The lowest BCUT2D eigenvalue weighted by Gasteiger charge is -2.33. The molecule has 0 saturated carbocycles. The summed E-state index contributed by atoms with van der Waals surface area (Å²) in [6.07, 6.45) is 9.67. The van der Waals surface area contributed by atoms with Crippen molar-refractivity contribution in [3.8, 4) is 11.5 Å². The third-order valence-corrected chi connectivity index (χ3v) is 5.61. The molecule has 1 fully saturated rings. The normalized spacial score (nSPS) is 15.7. The number of ether oxygens (including phenoxy) is 2. The molecule has 3 aromatic rings. The topological polar surface area (TPSA) is 80.7 Å². The van der Waals surface area contributed by atoms with Crippen LogP contribution in [0, 0.1) is 0 Å². The Kier molecular flexibility index (Phi) is 7.43. The molecule has 1 aliphatic heterocycles. The summed E-state index contributed by atoms with van der Waals surface area (Å²) in [5.41, 5.74) is 1.46. The first-order chi connectivity index (χ1) is 16.8. The highest BCUT2D eigenvalue weighted by Gasteiger charge is 2.34. The summed E-state index contributed by atoms with van der Waals surface area (Å²) in [5.74, 6) is 1.15. The number of hydrogen-bond acceptors (Lipinski definition) is 7. The smallest absolute Gasteiger partial charge is 0.410 e. The molecule has 0 radical (unpaired) electrons. The molecule has 1 atom stereocenters. The van der Waals surface area contributed by atoms with Gasteiger partial charge in [-0.15, -0.1) is 0 Å². The van der Waals surface area contributed by atoms with Crippen LogP contribution in [0.25, 0.3) is 0 Å². The van der Waals surface area contributed by atoms with Crippen molar-refractivity contribution in [2.24, 2.45) is 0 Å². The largest absolute Gasteiger partial charge is 0.455 e. The molecular formula is C26H30FN5O3. The number of amides is 1. The highest BCUT2D eigenvalue weighted by molar-refractivity contribution is 5.71. The fourth-order valence-electron chi connectivity index (χ4n) is 4.01. The van der Waals surface area contributed by atoms with Crippen LogP contribution in [0.2, 0.25) is 0 Å². The summed E-state index contributed by atoms with van der Waals surface area (Å²) in [6, 6.07) is 8.54. The van der Waals surface area contributed by atoms with E-state index in [4.69, 9.17) is 9.47 Å². The quantitative estimate of drug-likeness (QED) is 0.432. The summed E-state index contributed by atoms with van der Waals surface area (Å²) < 4.78 is 24.7. The average Bonchev–Trinajstić information content (AvgIpc) is 3.32. The molecule has 1 saturated heterocycles. The maximum absolute atomic E-state index is 12.9. The Morgan fingerprint density at radius 3 is 2.54 bits per heavy atom. The van der Waals surface area contributed by atoms with Gasteiger partial charge in [0.1, 0.15) is 30.0 Å². The molecule has 0 N–H and O–H groups in total. The van der Waals surface area contributed by atoms with Crippen LogP contribution in [-0.2, 0) is 11.4 Å². The van der Waals surface area contributed by atoms with E-state index in [1.807, 2.05) is 25.7 Å². The number of halogens is 1. The van der Waals surface area contributed by atoms with Gasteiger partial charge in [0.05, 0.1) is 30.3 Å². The van der Waals surface area contributed by atoms with Crippen LogP contribution in [0.5, 0.6) is 11.5 Å². The van der Waals surface area contributed by atoms with Crippen molar-refractivity contribution in [3.05, 3.63) is 67.0 Å². The number of rotatable bonds is 7. The van der Waals surface area contributed by atoms with Crippen LogP contribution in [0.3, 0.4) is 0 Å². The van der Waals surface area contributed by atoms with Gasteiger partial charge in [0.25, 0.3) is 0 Å². The van der Waals surface area contributed by atoms with Gasteiger partial charge >= 0.3 is 6.09 Å². The summed E-state index contributed by atoms with van der Waals surface area (Å²) in [6.45, 7) is 6.18. The molecule has 0 spiro atoms. The summed E-state index contributed by atoms with van der Waals surface area (Å²) in [7, 11) is 0. The van der Waals surface area contributed by atoms with Gasteiger partial charge in [0.2, 0.25) is 0 Å². The van der Waals surface area contributed by atoms with Crippen molar-refractivity contribution in [1.82, 2.24) is 19.9 Å². The van der Waals surface area contributed by atoms with Crippen molar-refractivity contribution in [2.75, 3.05) is 18.0 Å². The number of anilines is 2. The number of hydrogen-bond donors (Lipinski definition) is 0. The second-order valence-electron chi connectivity index (χ2n) is 9.40. The summed E-state index contributed by atoms with van der Waals surface area (Å²) in [4.78, 5) is 29.4. The van der Waals surface area contributed by atoms with Crippen LogP contribution in [0.1, 0.15) is 39.2 Å². The van der Waals surface area contributed by atoms with Crippen LogP contribution < -0.4 is 9.64 Å². The van der Waals surface area contributed by atoms with E-state index in [9.17, 15) is 9.18 Å². The second kappa shape index (κ2) is 10.7. The lowest BCUT2D eigenvalue weighted by atomic mass is 10.1. The van der Waals surface area contributed by atoms with Crippen molar-refractivity contribution in [2.45, 2.75) is 51.9 Å². The third-order valence-electron chi connectivity index (χ3n) is 5.61. The highest BCUT2D eigenvalue weighted by atomic mass is 19.1. The lowest BCUT2D eigenvalue weighted by molar-refractivity contribution is 0.0232. The van der Waals surface area contributed by atoms with Gasteiger partial charge in [-0.1, -0.05) is 12.1 Å². The predicted molar refractivity (Wildman–Crippen MR) is 131 cm³/mol. The van der Waals surface area contributed by atoms with Gasteiger partial charge in [-0.2, -0.15) is 0 Å². The fourth-order valence-corrected chi connectivity index (χ4v) is 4.01. The molecule has 3 heterocycles. The maximum Gasteiger partial charge on any atom is 0.410 e. The molecule has 35 heavy (non-hydrogen) atoms. The zero-order valence-electron chi connectivity index (χ0n) is 20.2. The Labute approximate surface area is 204 Å². The number of nitrogens with zero attached hydrogens (tertiary/aromatic N) is 5. The molecule has 8 nitrogen and oxygen atoms in total. The third kappa shape index (κ3) is 6.23. The molecule has 1 amide bonds. The molecule has 2 aromatic heterocycles. The van der Waals surface area contributed by atoms with Gasteiger partial charge in [-0.3, -0.25) is 4.98 Å². The SMILES string of the molecule is CC(C)(C)OC(=O)N1CCCC1CN(c1cncnc1)c1cnccc1Oc1ccc(CF)cc1. The first-order valence-corrected chi connectivity index (χ1v) is 11.6. The molecule has 184 valence electrons. The minimum absolute atomic E-state index is 0.0815. The highest BCUT2D eigenvalue weighted by Crippen LogP contribution is 2.37. The molecule has 1 aromatic carbocycles. The minimum atomic E-state index is -0.570. The van der Waals surface area contributed by atoms with Crippen LogP contribution in [0.15, 0.2) is 61.4 Å². The molecule has 9 heteroatoms. The standard InChI is InChI=1S/C26H30FN5O3/c1-26(2,3)35-25(33)31-12-4-5-20(31)17-32(21-14-29-18-30-15-21)23-16-28-11-10-24(23)34-22-8-6-19(13-27)7-9-22/h6-11,14-16,18,20H,4-5,12-13,17H2,1-3H3. The van der Waals surface area contributed by atoms with Crippen LogP contribution >= 0.6 is 0 Å². The van der Waals surface area contributed by atoms with E-state index in [1.54, 1.807) is 60.0 Å². The lowest BCUT2D eigenvalue weighted by Crippen LogP contribution is -2.44. The van der Waals surface area contributed by atoms with Crippen molar-refractivity contribution < 1.29 is 18.7 Å². The number of carbonyl (C=O) groups excluding carboxylic acids is 1. The van der Waals surface area contributed by atoms with Crippen LogP contribution in [0.4, 0.5) is 20.6 Å². The fraction of sp³-hybridized carbons (Fsp3) is 0.385. The Bertz CT molecular complexity index is 1120. The summed E-state index contributed by atoms with van der Waals surface area (Å²) in [5, 5.41) is 0. The van der Waals surface area contributed by atoms with Crippen molar-refractivity contribution in [1.29, 1.82) is 0 Å².